The summed E-state index contributed by atoms with van der Waals surface area (Å²) in [6, 6.07) is 8.83. The second-order valence-corrected chi connectivity index (χ2v) is 14.8. The largest absolute Gasteiger partial charge is 0.493 e. The zero-order valence-electron chi connectivity index (χ0n) is 24.8. The van der Waals surface area contributed by atoms with Gasteiger partial charge in [0.15, 0.2) is 23.1 Å². The molecule has 0 radical (unpaired) electrons. The lowest BCUT2D eigenvalue weighted by Gasteiger charge is -2.48. The highest BCUT2D eigenvalue weighted by molar-refractivity contribution is 9.10. The Kier molecular flexibility index (Phi) is 8.53. The van der Waals surface area contributed by atoms with Gasteiger partial charge in [-0.05, 0) is 69.4 Å². The molecule has 2 aromatic rings. The first-order chi connectivity index (χ1) is 20.1. The van der Waals surface area contributed by atoms with Crippen molar-refractivity contribution in [3.8, 4) is 11.5 Å². The highest BCUT2D eigenvalue weighted by Gasteiger charge is 2.49. The van der Waals surface area contributed by atoms with E-state index in [4.69, 9.17) is 32.7 Å². The molecule has 0 aromatic heterocycles. The first kappa shape index (κ1) is 31.6. The second kappa shape index (κ2) is 11.6. The fourth-order valence-corrected chi connectivity index (χ4v) is 7.58. The van der Waals surface area contributed by atoms with Gasteiger partial charge >= 0.3 is 5.97 Å². The first-order valence-corrected chi connectivity index (χ1v) is 15.6. The molecule has 1 heterocycles. The van der Waals surface area contributed by atoms with Gasteiger partial charge in [0.25, 0.3) is 0 Å². The van der Waals surface area contributed by atoms with Crippen molar-refractivity contribution in [2.75, 3.05) is 13.7 Å². The Morgan fingerprint density at radius 2 is 1.56 bits per heavy atom. The number of carbonyl (C=O) groups excluding carboxylic acids is 2. The summed E-state index contributed by atoms with van der Waals surface area (Å²) in [4.78, 5) is 41.7. The van der Waals surface area contributed by atoms with Crippen molar-refractivity contribution in [1.29, 1.82) is 0 Å². The zero-order valence-corrected chi connectivity index (χ0v) is 27.9. The third-order valence-corrected chi connectivity index (χ3v) is 9.46. The van der Waals surface area contributed by atoms with Crippen LogP contribution < -0.4 is 9.47 Å². The summed E-state index contributed by atoms with van der Waals surface area (Å²) in [7, 11) is 1.53. The van der Waals surface area contributed by atoms with Crippen LogP contribution in [0.1, 0.15) is 70.4 Å². The fraction of sp³-hybridized carbons (Fsp3) is 0.424. The van der Waals surface area contributed by atoms with Crippen LogP contribution in [-0.4, -0.2) is 41.2 Å². The van der Waals surface area contributed by atoms with Gasteiger partial charge in [0, 0.05) is 56.9 Å². The quantitative estimate of drug-likeness (QED) is 0.314. The van der Waals surface area contributed by atoms with Gasteiger partial charge < -0.3 is 19.5 Å². The summed E-state index contributed by atoms with van der Waals surface area (Å²) in [6.45, 7) is 7.90. The van der Waals surface area contributed by atoms with E-state index in [0.29, 0.717) is 79.8 Å². The summed E-state index contributed by atoms with van der Waals surface area (Å²) in [5.41, 5.74) is 3.06. The minimum Gasteiger partial charge on any atom is -0.493 e. The molecule has 43 heavy (non-hydrogen) atoms. The number of carbonyl (C=O) groups is 3. The van der Waals surface area contributed by atoms with Crippen LogP contribution >= 0.6 is 39.1 Å². The van der Waals surface area contributed by atoms with E-state index in [9.17, 15) is 19.5 Å². The molecule has 1 N–H and O–H groups in total. The number of methoxy groups -OCH3 is 1. The lowest BCUT2D eigenvalue weighted by Crippen LogP contribution is -2.45. The van der Waals surface area contributed by atoms with Crippen molar-refractivity contribution >= 4 is 56.7 Å². The molecule has 0 saturated carbocycles. The predicted octanol–water partition coefficient (Wildman–Crippen LogP) is 8.11. The van der Waals surface area contributed by atoms with E-state index in [2.05, 4.69) is 15.9 Å². The Morgan fingerprint density at radius 3 is 2.07 bits per heavy atom. The molecule has 228 valence electrons. The third kappa shape index (κ3) is 6.24. The summed E-state index contributed by atoms with van der Waals surface area (Å²) < 4.78 is 12.5. The van der Waals surface area contributed by atoms with Gasteiger partial charge in [-0.25, -0.2) is 0 Å². The Balaban J connectivity index is 1.66. The molecule has 0 unspecified atom stereocenters. The molecule has 0 fully saturated rings. The summed E-state index contributed by atoms with van der Waals surface area (Å²) >= 11 is 16.0. The molecule has 3 aliphatic rings. The van der Waals surface area contributed by atoms with Gasteiger partial charge in [-0.3, -0.25) is 14.4 Å². The maximum atomic E-state index is 13.9. The first-order valence-electron chi connectivity index (χ1n) is 14.1. The van der Waals surface area contributed by atoms with Crippen molar-refractivity contribution in [2.45, 2.75) is 65.9 Å². The van der Waals surface area contributed by atoms with Gasteiger partial charge in [-0.1, -0.05) is 57.0 Å². The van der Waals surface area contributed by atoms with Gasteiger partial charge in [-0.15, -0.1) is 0 Å². The maximum Gasteiger partial charge on any atom is 0.323 e. The van der Waals surface area contributed by atoms with E-state index >= 15 is 0 Å². The van der Waals surface area contributed by atoms with Crippen molar-refractivity contribution < 1.29 is 29.0 Å². The summed E-state index contributed by atoms with van der Waals surface area (Å²) in [6.07, 6.45) is 1.63. The average Bonchev–Trinajstić information content (AvgIpc) is 2.87. The second-order valence-electron chi connectivity index (χ2n) is 13.1. The van der Waals surface area contributed by atoms with Crippen LogP contribution in [0, 0.1) is 10.8 Å². The lowest BCUT2D eigenvalue weighted by atomic mass is 9.63. The number of hydrogen-bond acceptors (Lipinski definition) is 6. The van der Waals surface area contributed by atoms with E-state index in [1.807, 2.05) is 33.8 Å². The number of allylic oxidation sites excluding steroid dienone is 4. The van der Waals surface area contributed by atoms with Crippen LogP contribution in [0.4, 0.5) is 0 Å². The highest BCUT2D eigenvalue weighted by Crippen LogP contribution is 2.55. The number of benzene rings is 2. The van der Waals surface area contributed by atoms with Crippen molar-refractivity contribution in [2.24, 2.45) is 10.8 Å². The van der Waals surface area contributed by atoms with E-state index < -0.39 is 11.9 Å². The maximum absolute atomic E-state index is 13.9. The summed E-state index contributed by atoms with van der Waals surface area (Å²) in [5.74, 6) is -0.981. The number of Topliss-reactive ketones (excluding diaryl/α,β-unsaturated/α-hetero) is 2. The number of ether oxygens (including phenoxy) is 2. The topological polar surface area (TPSA) is 93.1 Å². The number of carboxylic acid groups (broad SMARTS) is 1. The van der Waals surface area contributed by atoms with Crippen LogP contribution in [-0.2, 0) is 21.0 Å². The molecule has 0 amide bonds. The smallest absolute Gasteiger partial charge is 0.323 e. The van der Waals surface area contributed by atoms with E-state index in [-0.39, 0.29) is 35.5 Å². The van der Waals surface area contributed by atoms with Crippen molar-refractivity contribution in [1.82, 2.24) is 4.90 Å². The number of halogens is 3. The van der Waals surface area contributed by atoms with Crippen LogP contribution in [0.25, 0.3) is 0 Å². The molecule has 5 rings (SSSR count). The van der Waals surface area contributed by atoms with Gasteiger partial charge in [-0.2, -0.15) is 0 Å². The SMILES string of the molecule is COc1cc(C2C3=C(CC(C)(C)CC3=O)N(CC(=O)O)C3=C2C(=O)CC(C)(C)C3)cc(Br)c1OCc1ccc(Cl)cc1Cl. The minimum atomic E-state index is -1.02. The molecule has 0 atom stereocenters. The van der Waals surface area contributed by atoms with Gasteiger partial charge in [0.05, 0.1) is 11.6 Å². The minimum absolute atomic E-state index is 0.0800. The normalized spacial score (nSPS) is 19.8. The Bertz CT molecular complexity index is 1550. The standard InChI is InChI=1S/C33H34BrCl2NO6/c1-32(2)11-22-29(24(38)13-32)28(30-23(37(22)15-27(40)41)12-33(3,4)14-25(30)39)18-8-20(34)31(26(9-18)42-5)43-16-17-6-7-19(35)10-21(17)36/h6-10,28H,11-16H2,1-5H3,(H,40,41). The van der Waals surface area contributed by atoms with Gasteiger partial charge in [0.2, 0.25) is 0 Å². The molecule has 0 spiro atoms. The molecule has 2 aliphatic carbocycles. The van der Waals surface area contributed by atoms with Crippen molar-refractivity contribution in [3.63, 3.8) is 0 Å². The number of carboxylic acids is 1. The highest BCUT2D eigenvalue weighted by atomic mass is 79.9. The molecule has 0 bridgehead atoms. The van der Waals surface area contributed by atoms with Crippen molar-refractivity contribution in [3.05, 3.63) is 78.5 Å². The molecule has 10 heteroatoms. The van der Waals surface area contributed by atoms with Crippen LogP contribution in [0.3, 0.4) is 0 Å². The number of hydrogen-bond donors (Lipinski definition) is 1. The Labute approximate surface area is 269 Å². The predicted molar refractivity (Wildman–Crippen MR) is 169 cm³/mol. The Morgan fingerprint density at radius 1 is 0.977 bits per heavy atom. The number of nitrogens with zero attached hydrogens (tertiary/aromatic N) is 1. The Hall–Kier alpha value is -2.81. The van der Waals surface area contributed by atoms with E-state index in [0.717, 1.165) is 5.56 Å². The zero-order chi connectivity index (χ0) is 31.4. The molecule has 7 nitrogen and oxygen atoms in total. The molecule has 0 saturated heterocycles. The molecular formula is C33H34BrCl2NO6. The summed E-state index contributed by atoms with van der Waals surface area (Å²) in [5, 5.41) is 10.9. The molecular weight excluding hydrogens is 657 g/mol. The van der Waals surface area contributed by atoms with E-state index in [1.54, 1.807) is 29.2 Å². The van der Waals surface area contributed by atoms with Crippen LogP contribution in [0.5, 0.6) is 11.5 Å². The number of aliphatic carboxylic acids is 1. The van der Waals surface area contributed by atoms with E-state index in [1.165, 1.54) is 7.11 Å². The molecule has 1 aliphatic heterocycles. The van der Waals surface area contributed by atoms with Crippen LogP contribution in [0.15, 0.2) is 57.3 Å². The fourth-order valence-electron chi connectivity index (χ4n) is 6.54. The van der Waals surface area contributed by atoms with Crippen LogP contribution in [0.2, 0.25) is 10.0 Å². The average molecular weight is 691 g/mol. The lowest BCUT2D eigenvalue weighted by molar-refractivity contribution is -0.138. The third-order valence-electron chi connectivity index (χ3n) is 8.29. The number of ketones is 2. The number of rotatable bonds is 7. The van der Waals surface area contributed by atoms with Gasteiger partial charge in [0.1, 0.15) is 13.2 Å². The molecule has 2 aromatic carbocycles. The monoisotopic (exact) mass is 689 g/mol.